The third kappa shape index (κ3) is 4.77. The Hall–Kier alpha value is -0.610. The van der Waals surface area contributed by atoms with Crippen LogP contribution >= 0.6 is 0 Å². The third-order valence-corrected chi connectivity index (χ3v) is 4.41. The van der Waals surface area contributed by atoms with Crippen molar-refractivity contribution in [3.05, 3.63) is 0 Å². The van der Waals surface area contributed by atoms with Crippen molar-refractivity contribution >= 4 is 5.97 Å². The highest BCUT2D eigenvalue weighted by molar-refractivity contribution is 5.80. The minimum Gasteiger partial charge on any atom is -0.479 e. The molecule has 19 heavy (non-hydrogen) atoms. The number of rotatable bonds is 9. The molecule has 1 aliphatic heterocycles. The van der Waals surface area contributed by atoms with Crippen LogP contribution in [0.1, 0.15) is 57.8 Å². The molecule has 4 nitrogen and oxygen atoms in total. The number of carboxylic acid groups (broad SMARTS) is 1. The van der Waals surface area contributed by atoms with Crippen molar-refractivity contribution in [1.29, 1.82) is 0 Å². The fourth-order valence-corrected chi connectivity index (χ4v) is 2.91. The summed E-state index contributed by atoms with van der Waals surface area (Å²) in [5.74, 6) is 0.0947. The van der Waals surface area contributed by atoms with Crippen molar-refractivity contribution < 1.29 is 19.4 Å². The number of hydrogen-bond donors (Lipinski definition) is 1. The Morgan fingerprint density at radius 2 is 1.95 bits per heavy atom. The van der Waals surface area contributed by atoms with Crippen LogP contribution in [-0.2, 0) is 14.3 Å². The lowest BCUT2D eigenvalue weighted by Crippen LogP contribution is -2.25. The molecule has 4 heteroatoms. The Kier molecular flexibility index (Phi) is 5.64. The van der Waals surface area contributed by atoms with Gasteiger partial charge in [-0.3, -0.25) is 0 Å². The summed E-state index contributed by atoms with van der Waals surface area (Å²) in [6, 6.07) is 0. The Bertz CT molecular complexity index is 280. The van der Waals surface area contributed by atoms with Crippen LogP contribution in [0.15, 0.2) is 0 Å². The van der Waals surface area contributed by atoms with Crippen LogP contribution in [0, 0.1) is 5.92 Å². The number of hydrogen-bond acceptors (Lipinski definition) is 3. The number of carbonyl (C=O) groups is 1. The Balaban J connectivity index is 1.41. The van der Waals surface area contributed by atoms with E-state index >= 15 is 0 Å². The Morgan fingerprint density at radius 3 is 2.58 bits per heavy atom. The predicted molar refractivity (Wildman–Crippen MR) is 72.2 cm³/mol. The molecule has 2 fully saturated rings. The first kappa shape index (κ1) is 14.8. The summed E-state index contributed by atoms with van der Waals surface area (Å²) in [7, 11) is 0. The lowest BCUT2D eigenvalue weighted by Gasteiger charge is -2.21. The molecule has 0 radical (unpaired) electrons. The highest BCUT2D eigenvalue weighted by atomic mass is 16.6. The van der Waals surface area contributed by atoms with Gasteiger partial charge in [0.15, 0.2) is 5.60 Å². The molecule has 110 valence electrons. The molecule has 0 aromatic heterocycles. The van der Waals surface area contributed by atoms with E-state index in [2.05, 4.69) is 0 Å². The number of ether oxygens (including phenoxy) is 2. The normalized spacial score (nSPS) is 27.4. The van der Waals surface area contributed by atoms with Crippen molar-refractivity contribution in [1.82, 2.24) is 0 Å². The number of unbranched alkanes of at least 4 members (excludes halogenated alkanes) is 1. The highest BCUT2D eigenvalue weighted by Gasteiger charge is 2.52. The standard InChI is InChI=1S/C15H26O4/c16-14(17)15(12-19-15)9-11-18-10-5-4-8-13-6-2-1-3-7-13/h13H,1-12H2,(H,16,17). The molecular formula is C15H26O4. The van der Waals surface area contributed by atoms with Crippen LogP contribution in [0.4, 0.5) is 0 Å². The molecule has 1 unspecified atom stereocenters. The van der Waals surface area contributed by atoms with Gasteiger partial charge in [-0.2, -0.15) is 0 Å². The molecule has 1 saturated heterocycles. The van der Waals surface area contributed by atoms with E-state index in [9.17, 15) is 4.79 Å². The Morgan fingerprint density at radius 1 is 1.21 bits per heavy atom. The van der Waals surface area contributed by atoms with Gasteiger partial charge >= 0.3 is 5.97 Å². The Labute approximate surface area is 115 Å². The van der Waals surface area contributed by atoms with Gasteiger partial charge in [0.25, 0.3) is 0 Å². The van der Waals surface area contributed by atoms with Crippen LogP contribution in [0.25, 0.3) is 0 Å². The smallest absolute Gasteiger partial charge is 0.338 e. The van der Waals surface area contributed by atoms with Gasteiger partial charge in [-0.1, -0.05) is 44.9 Å². The van der Waals surface area contributed by atoms with Crippen LogP contribution in [0.2, 0.25) is 0 Å². The van der Waals surface area contributed by atoms with Gasteiger partial charge in [-0.15, -0.1) is 0 Å². The van der Waals surface area contributed by atoms with Crippen molar-refractivity contribution in [3.8, 4) is 0 Å². The van der Waals surface area contributed by atoms with Crippen LogP contribution < -0.4 is 0 Å². The monoisotopic (exact) mass is 270 g/mol. The molecule has 1 saturated carbocycles. The van der Waals surface area contributed by atoms with E-state index in [-0.39, 0.29) is 0 Å². The van der Waals surface area contributed by atoms with E-state index in [1.165, 1.54) is 44.9 Å². The van der Waals surface area contributed by atoms with E-state index in [4.69, 9.17) is 14.6 Å². The summed E-state index contributed by atoms with van der Waals surface area (Å²) in [5, 5.41) is 8.91. The molecular weight excluding hydrogens is 244 g/mol. The van der Waals surface area contributed by atoms with Crippen molar-refractivity contribution in [2.24, 2.45) is 5.92 Å². The van der Waals surface area contributed by atoms with Crippen molar-refractivity contribution in [2.75, 3.05) is 19.8 Å². The molecule has 0 bridgehead atoms. The van der Waals surface area contributed by atoms with E-state index < -0.39 is 11.6 Å². The second kappa shape index (κ2) is 7.25. The topological polar surface area (TPSA) is 59.1 Å². The van der Waals surface area contributed by atoms with Crippen molar-refractivity contribution in [2.45, 2.75) is 63.4 Å². The molecule has 1 aliphatic carbocycles. The summed E-state index contributed by atoms with van der Waals surface area (Å²) in [6.45, 7) is 1.59. The van der Waals surface area contributed by atoms with Crippen molar-refractivity contribution in [3.63, 3.8) is 0 Å². The fraction of sp³-hybridized carbons (Fsp3) is 0.933. The summed E-state index contributed by atoms with van der Waals surface area (Å²) in [4.78, 5) is 10.8. The molecule has 1 heterocycles. The number of aliphatic carboxylic acids is 1. The molecule has 2 rings (SSSR count). The fourth-order valence-electron chi connectivity index (χ4n) is 2.91. The molecule has 0 spiro atoms. The minimum atomic E-state index is -0.915. The van der Waals surface area contributed by atoms with Gasteiger partial charge in [0.1, 0.15) is 0 Å². The lowest BCUT2D eigenvalue weighted by molar-refractivity contribution is -0.144. The van der Waals surface area contributed by atoms with Gasteiger partial charge in [0, 0.05) is 19.6 Å². The molecule has 0 aromatic carbocycles. The quantitative estimate of drug-likeness (QED) is 0.517. The summed E-state index contributed by atoms with van der Waals surface area (Å²) in [5.41, 5.74) is -0.915. The average Bonchev–Trinajstić information content (AvgIpc) is 3.20. The number of carboxylic acids is 1. The van der Waals surface area contributed by atoms with E-state index in [1.807, 2.05) is 0 Å². The van der Waals surface area contributed by atoms with Gasteiger partial charge in [-0.05, 0) is 12.3 Å². The lowest BCUT2D eigenvalue weighted by atomic mass is 9.86. The van der Waals surface area contributed by atoms with Gasteiger partial charge in [0.05, 0.1) is 6.61 Å². The molecule has 0 aromatic rings. The van der Waals surface area contributed by atoms with Gasteiger partial charge < -0.3 is 14.6 Å². The largest absolute Gasteiger partial charge is 0.479 e. The SMILES string of the molecule is O=C(O)C1(CCOCCCCC2CCCCC2)CO1. The van der Waals surface area contributed by atoms with Crippen LogP contribution in [0.5, 0.6) is 0 Å². The summed E-state index contributed by atoms with van der Waals surface area (Å²) in [6.07, 6.45) is 11.2. The third-order valence-electron chi connectivity index (χ3n) is 4.41. The minimum absolute atomic E-state index is 0.341. The first-order chi connectivity index (χ1) is 9.23. The average molecular weight is 270 g/mol. The maximum absolute atomic E-state index is 10.8. The molecule has 2 aliphatic rings. The zero-order valence-electron chi connectivity index (χ0n) is 11.7. The van der Waals surface area contributed by atoms with Crippen LogP contribution in [-0.4, -0.2) is 36.5 Å². The maximum atomic E-state index is 10.8. The second-order valence-corrected chi connectivity index (χ2v) is 5.95. The maximum Gasteiger partial charge on any atom is 0.338 e. The summed E-state index contributed by atoms with van der Waals surface area (Å²) < 4.78 is 10.5. The first-order valence-electron chi connectivity index (χ1n) is 7.68. The molecule has 1 N–H and O–H groups in total. The predicted octanol–water partition coefficient (Wildman–Crippen LogP) is 3.00. The highest BCUT2D eigenvalue weighted by Crippen LogP contribution is 2.31. The molecule has 1 atom stereocenters. The van der Waals surface area contributed by atoms with Gasteiger partial charge in [0.2, 0.25) is 0 Å². The van der Waals surface area contributed by atoms with Gasteiger partial charge in [-0.25, -0.2) is 4.79 Å². The van der Waals surface area contributed by atoms with E-state index in [1.54, 1.807) is 0 Å². The van der Waals surface area contributed by atoms with E-state index in [0.29, 0.717) is 19.6 Å². The zero-order chi connectivity index (χ0) is 13.6. The van der Waals surface area contributed by atoms with E-state index in [0.717, 1.165) is 18.9 Å². The first-order valence-corrected chi connectivity index (χ1v) is 7.68. The number of epoxide rings is 1. The zero-order valence-corrected chi connectivity index (χ0v) is 11.7. The van der Waals surface area contributed by atoms with Crippen LogP contribution in [0.3, 0.4) is 0 Å². The molecule has 0 amide bonds. The summed E-state index contributed by atoms with van der Waals surface area (Å²) >= 11 is 0. The second-order valence-electron chi connectivity index (χ2n) is 5.95.